The van der Waals surface area contributed by atoms with Crippen molar-refractivity contribution < 1.29 is 9.47 Å². The average Bonchev–Trinajstić information content (AvgIpc) is 2.98. The molecule has 0 saturated heterocycles. The molecule has 5 heteroatoms. The number of rotatable bonds is 2. The molecule has 19 heavy (non-hydrogen) atoms. The molecule has 1 aromatic carbocycles. The number of aromatic nitrogens is 1. The maximum Gasteiger partial charge on any atom is 0.161 e. The Kier molecular flexibility index (Phi) is 3.17. The van der Waals surface area contributed by atoms with Gasteiger partial charge in [0.2, 0.25) is 0 Å². The Hall–Kier alpha value is -2.32. The molecule has 0 spiro atoms. The molecule has 0 fully saturated rings. The highest BCUT2D eigenvalue weighted by Crippen LogP contribution is 2.32. The first-order valence-electron chi connectivity index (χ1n) is 5.78. The highest BCUT2D eigenvalue weighted by molar-refractivity contribution is 7.10. The van der Waals surface area contributed by atoms with E-state index in [0.29, 0.717) is 18.8 Å². The molecule has 4 nitrogen and oxygen atoms in total. The third kappa shape index (κ3) is 2.44. The van der Waals surface area contributed by atoms with Crippen LogP contribution >= 0.6 is 11.3 Å². The minimum Gasteiger partial charge on any atom is -0.486 e. The Morgan fingerprint density at radius 3 is 2.89 bits per heavy atom. The highest BCUT2D eigenvalue weighted by Gasteiger charge is 2.11. The lowest BCUT2D eigenvalue weighted by molar-refractivity contribution is 0.171. The topological polar surface area (TPSA) is 55.1 Å². The number of hydrogen-bond donors (Lipinski definition) is 0. The van der Waals surface area contributed by atoms with Crippen LogP contribution in [0.25, 0.3) is 11.6 Å². The van der Waals surface area contributed by atoms with Crippen molar-refractivity contribution >= 4 is 23.0 Å². The van der Waals surface area contributed by atoms with Crippen LogP contribution in [-0.4, -0.2) is 18.2 Å². The summed E-state index contributed by atoms with van der Waals surface area (Å²) in [4.78, 5) is 4.14. The van der Waals surface area contributed by atoms with Gasteiger partial charge in [-0.1, -0.05) is 6.07 Å². The predicted molar refractivity (Wildman–Crippen MR) is 73.0 cm³/mol. The van der Waals surface area contributed by atoms with Crippen LogP contribution in [0.15, 0.2) is 29.8 Å². The Balaban J connectivity index is 1.96. The normalized spacial score (nSPS) is 13.9. The number of ether oxygens (including phenoxy) is 2. The molecule has 2 heterocycles. The van der Waals surface area contributed by atoms with Crippen molar-refractivity contribution in [1.82, 2.24) is 4.98 Å². The number of hydrogen-bond acceptors (Lipinski definition) is 5. The zero-order valence-corrected chi connectivity index (χ0v) is 10.8. The van der Waals surface area contributed by atoms with Crippen LogP contribution in [0.5, 0.6) is 11.5 Å². The fraction of sp³-hybridized carbons (Fsp3) is 0.143. The number of nitrogens with zero attached hydrogens (tertiary/aromatic N) is 2. The van der Waals surface area contributed by atoms with Crippen LogP contribution in [0.2, 0.25) is 0 Å². The largest absolute Gasteiger partial charge is 0.486 e. The zero-order valence-electron chi connectivity index (χ0n) is 10.00. The summed E-state index contributed by atoms with van der Waals surface area (Å²) in [5.41, 5.74) is 1.45. The quantitative estimate of drug-likeness (QED) is 0.787. The van der Waals surface area contributed by atoms with E-state index in [0.717, 1.165) is 22.1 Å². The lowest BCUT2D eigenvalue weighted by atomic mass is 10.1. The van der Waals surface area contributed by atoms with Crippen molar-refractivity contribution in [2.75, 3.05) is 13.2 Å². The third-order valence-corrected chi connectivity index (χ3v) is 3.47. The molecule has 0 N–H and O–H groups in total. The van der Waals surface area contributed by atoms with Crippen molar-refractivity contribution in [3.05, 3.63) is 40.3 Å². The summed E-state index contributed by atoms with van der Waals surface area (Å²) in [5, 5.41) is 11.8. The first kappa shape index (κ1) is 11.8. The Labute approximate surface area is 114 Å². The fourth-order valence-electron chi connectivity index (χ4n) is 1.81. The lowest BCUT2D eigenvalue weighted by Crippen LogP contribution is -2.15. The van der Waals surface area contributed by atoms with E-state index in [1.807, 2.05) is 23.6 Å². The summed E-state index contributed by atoms with van der Waals surface area (Å²) in [6.45, 7) is 1.13. The number of fused-ring (bicyclic) bond motifs is 1. The summed E-state index contributed by atoms with van der Waals surface area (Å²) in [5.74, 6) is 1.47. The standard InChI is InChI=1S/C14H10N2O2S/c15-9-11(14-16-3-6-19-14)7-10-1-2-12-13(8-10)18-5-4-17-12/h1-3,6-8H,4-5H2/b11-7+. The SMILES string of the molecule is N#C/C(=C\c1ccc2c(c1)OCCO2)c1nccs1. The van der Waals surface area contributed by atoms with Crippen molar-refractivity contribution in [1.29, 1.82) is 5.26 Å². The zero-order chi connectivity index (χ0) is 13.1. The molecule has 0 amide bonds. The Morgan fingerprint density at radius 2 is 2.16 bits per heavy atom. The smallest absolute Gasteiger partial charge is 0.161 e. The van der Waals surface area contributed by atoms with Crippen LogP contribution in [-0.2, 0) is 0 Å². The summed E-state index contributed by atoms with van der Waals surface area (Å²) in [6, 6.07) is 7.80. The highest BCUT2D eigenvalue weighted by atomic mass is 32.1. The van der Waals surface area contributed by atoms with Crippen molar-refractivity contribution in [3.63, 3.8) is 0 Å². The van der Waals surface area contributed by atoms with Gasteiger partial charge in [-0.15, -0.1) is 11.3 Å². The maximum absolute atomic E-state index is 9.19. The van der Waals surface area contributed by atoms with Gasteiger partial charge in [0.1, 0.15) is 24.3 Å². The lowest BCUT2D eigenvalue weighted by Gasteiger charge is -2.18. The minimum atomic E-state index is 0.548. The van der Waals surface area contributed by atoms with E-state index in [9.17, 15) is 5.26 Å². The van der Waals surface area contributed by atoms with Gasteiger partial charge < -0.3 is 9.47 Å². The van der Waals surface area contributed by atoms with Gasteiger partial charge in [-0.25, -0.2) is 4.98 Å². The molecule has 94 valence electrons. The van der Waals surface area contributed by atoms with Crippen LogP contribution in [0.3, 0.4) is 0 Å². The number of benzene rings is 1. The molecule has 0 atom stereocenters. The molecule has 0 saturated carbocycles. The molecule has 0 bridgehead atoms. The third-order valence-electron chi connectivity index (χ3n) is 2.66. The van der Waals surface area contributed by atoms with Gasteiger partial charge in [0.15, 0.2) is 11.5 Å². The van der Waals surface area contributed by atoms with Gasteiger partial charge in [-0.05, 0) is 23.8 Å². The number of thiazole rings is 1. The second-order valence-electron chi connectivity index (χ2n) is 3.91. The Bertz CT molecular complexity index is 657. The summed E-state index contributed by atoms with van der Waals surface area (Å²) in [6.07, 6.45) is 3.49. The van der Waals surface area contributed by atoms with E-state index in [4.69, 9.17) is 9.47 Å². The summed E-state index contributed by atoms with van der Waals surface area (Å²) in [7, 11) is 0. The predicted octanol–water partition coefficient (Wildman–Crippen LogP) is 2.98. The minimum absolute atomic E-state index is 0.548. The van der Waals surface area contributed by atoms with Gasteiger partial charge >= 0.3 is 0 Å². The van der Waals surface area contributed by atoms with Gasteiger partial charge in [0, 0.05) is 11.6 Å². The average molecular weight is 270 g/mol. The molecule has 0 unspecified atom stereocenters. The monoisotopic (exact) mass is 270 g/mol. The summed E-state index contributed by atoms with van der Waals surface area (Å²) < 4.78 is 11.0. The molecular weight excluding hydrogens is 260 g/mol. The van der Waals surface area contributed by atoms with Gasteiger partial charge in [0.05, 0.1) is 5.57 Å². The van der Waals surface area contributed by atoms with Crippen LogP contribution < -0.4 is 9.47 Å². The molecule has 1 aliphatic heterocycles. The molecule has 0 aliphatic carbocycles. The van der Waals surface area contributed by atoms with Gasteiger partial charge in [-0.3, -0.25) is 0 Å². The van der Waals surface area contributed by atoms with E-state index >= 15 is 0 Å². The first-order chi connectivity index (χ1) is 9.36. The molecule has 1 aromatic heterocycles. The molecule has 2 aromatic rings. The van der Waals surface area contributed by atoms with Crippen molar-refractivity contribution in [3.8, 4) is 17.6 Å². The van der Waals surface area contributed by atoms with Crippen molar-refractivity contribution in [2.24, 2.45) is 0 Å². The second kappa shape index (κ2) is 5.12. The van der Waals surface area contributed by atoms with Crippen molar-refractivity contribution in [2.45, 2.75) is 0 Å². The fourth-order valence-corrected chi connectivity index (χ4v) is 2.42. The maximum atomic E-state index is 9.19. The number of allylic oxidation sites excluding steroid dienone is 1. The van der Waals surface area contributed by atoms with Gasteiger partial charge in [0.25, 0.3) is 0 Å². The first-order valence-corrected chi connectivity index (χ1v) is 6.66. The number of nitriles is 1. The molecule has 1 aliphatic rings. The second-order valence-corrected chi connectivity index (χ2v) is 4.80. The Morgan fingerprint density at radius 1 is 1.32 bits per heavy atom. The molecule has 0 radical (unpaired) electrons. The van der Waals surface area contributed by atoms with Gasteiger partial charge in [-0.2, -0.15) is 5.26 Å². The van der Waals surface area contributed by atoms with E-state index in [2.05, 4.69) is 11.1 Å². The molecule has 3 rings (SSSR count). The van der Waals surface area contributed by atoms with E-state index in [1.165, 1.54) is 11.3 Å². The van der Waals surface area contributed by atoms with E-state index < -0.39 is 0 Å². The van der Waals surface area contributed by atoms with Crippen LogP contribution in [0.1, 0.15) is 10.6 Å². The summed E-state index contributed by atoms with van der Waals surface area (Å²) >= 11 is 1.45. The van der Waals surface area contributed by atoms with Crippen LogP contribution in [0, 0.1) is 11.3 Å². The van der Waals surface area contributed by atoms with E-state index in [1.54, 1.807) is 12.3 Å². The van der Waals surface area contributed by atoms with E-state index in [-0.39, 0.29) is 0 Å². The van der Waals surface area contributed by atoms with Crippen LogP contribution in [0.4, 0.5) is 0 Å². The molecular formula is C14H10N2O2S.